The molecule has 0 unspecified atom stereocenters. The first kappa shape index (κ1) is 7.05. The Morgan fingerprint density at radius 1 is 1.80 bits per heavy atom. The van der Waals surface area contributed by atoms with E-state index in [1.54, 1.807) is 0 Å². The Labute approximate surface area is 58.5 Å². The van der Waals surface area contributed by atoms with Crippen molar-refractivity contribution in [2.45, 2.75) is 19.3 Å². The van der Waals surface area contributed by atoms with Gasteiger partial charge >= 0.3 is 5.97 Å². The number of rotatable bonds is 3. The van der Waals surface area contributed by atoms with Crippen molar-refractivity contribution in [3.8, 4) is 0 Å². The lowest BCUT2D eigenvalue weighted by atomic mass is 10.2. The third kappa shape index (κ3) is 2.05. The molecule has 0 aromatic carbocycles. The van der Waals surface area contributed by atoms with Gasteiger partial charge in [-0.2, -0.15) is 0 Å². The molecule has 0 atom stereocenters. The van der Waals surface area contributed by atoms with Crippen molar-refractivity contribution in [2.75, 3.05) is 6.61 Å². The van der Waals surface area contributed by atoms with Crippen molar-refractivity contribution < 1.29 is 14.7 Å². The van der Waals surface area contributed by atoms with Crippen LogP contribution in [-0.4, -0.2) is 23.4 Å². The fourth-order valence-electron chi connectivity index (χ4n) is 0.768. The molecule has 1 rings (SSSR count). The topological polar surface area (TPSA) is 58.9 Å². The predicted molar refractivity (Wildman–Crippen MR) is 34.9 cm³/mol. The van der Waals surface area contributed by atoms with Gasteiger partial charge in [0.2, 0.25) is 0 Å². The second-order valence-electron chi connectivity index (χ2n) is 2.13. The number of hydrogen-bond donors (Lipinski definition) is 1. The second-order valence-corrected chi connectivity index (χ2v) is 2.13. The average molecular weight is 143 g/mol. The highest BCUT2D eigenvalue weighted by Crippen LogP contribution is 2.05. The van der Waals surface area contributed by atoms with Gasteiger partial charge in [0.15, 0.2) is 0 Å². The van der Waals surface area contributed by atoms with Crippen LogP contribution in [0.15, 0.2) is 5.16 Å². The lowest BCUT2D eigenvalue weighted by Gasteiger charge is -1.90. The number of carbonyl (C=O) groups is 1. The Bertz CT molecular complexity index is 164. The Morgan fingerprint density at radius 3 is 3.10 bits per heavy atom. The molecule has 4 heteroatoms. The Balaban J connectivity index is 2.19. The summed E-state index contributed by atoms with van der Waals surface area (Å²) in [5.41, 5.74) is 0.863. The highest BCUT2D eigenvalue weighted by Gasteiger charge is 2.08. The first-order valence-corrected chi connectivity index (χ1v) is 3.18. The molecule has 0 fully saturated rings. The van der Waals surface area contributed by atoms with Crippen molar-refractivity contribution in [2.24, 2.45) is 5.16 Å². The summed E-state index contributed by atoms with van der Waals surface area (Å²) >= 11 is 0. The minimum atomic E-state index is -0.783. The molecule has 0 aromatic rings. The van der Waals surface area contributed by atoms with Gasteiger partial charge in [-0.15, -0.1) is 0 Å². The molecule has 0 saturated heterocycles. The molecule has 0 aromatic heterocycles. The van der Waals surface area contributed by atoms with E-state index in [4.69, 9.17) is 5.11 Å². The van der Waals surface area contributed by atoms with Crippen molar-refractivity contribution >= 4 is 11.7 Å². The maximum Gasteiger partial charge on any atom is 0.303 e. The van der Waals surface area contributed by atoms with Crippen molar-refractivity contribution in [3.63, 3.8) is 0 Å². The number of nitrogens with zero attached hydrogens (tertiary/aromatic N) is 1. The Kier molecular flexibility index (Phi) is 2.25. The summed E-state index contributed by atoms with van der Waals surface area (Å²) in [6.07, 6.45) is 1.46. The Hall–Kier alpha value is -1.06. The quantitative estimate of drug-likeness (QED) is 0.630. The van der Waals surface area contributed by atoms with Crippen LogP contribution in [0.3, 0.4) is 0 Å². The van der Waals surface area contributed by atoms with Crippen molar-refractivity contribution in [1.29, 1.82) is 0 Å². The van der Waals surface area contributed by atoms with Crippen LogP contribution in [0, 0.1) is 0 Å². The highest BCUT2D eigenvalue weighted by atomic mass is 16.6. The van der Waals surface area contributed by atoms with Crippen LogP contribution in [0.25, 0.3) is 0 Å². The van der Waals surface area contributed by atoms with Gasteiger partial charge in [-0.25, -0.2) is 0 Å². The molecule has 0 radical (unpaired) electrons. The van der Waals surface area contributed by atoms with Crippen LogP contribution in [0.4, 0.5) is 0 Å². The molecule has 1 aliphatic heterocycles. The molecule has 0 bridgehead atoms. The molecular weight excluding hydrogens is 134 g/mol. The normalized spacial score (nSPS) is 16.2. The molecule has 0 amide bonds. The van der Waals surface area contributed by atoms with Gasteiger partial charge in [0.25, 0.3) is 0 Å². The van der Waals surface area contributed by atoms with Gasteiger partial charge < -0.3 is 9.94 Å². The summed E-state index contributed by atoms with van der Waals surface area (Å²) in [7, 11) is 0. The predicted octanol–water partition coefficient (Wildman–Crippen LogP) is 0.627. The summed E-state index contributed by atoms with van der Waals surface area (Å²) in [4.78, 5) is 14.7. The zero-order valence-electron chi connectivity index (χ0n) is 5.54. The Morgan fingerprint density at radius 2 is 2.60 bits per heavy atom. The number of carboxylic acids is 1. The van der Waals surface area contributed by atoms with Gasteiger partial charge in [0.05, 0.1) is 12.1 Å². The molecule has 10 heavy (non-hydrogen) atoms. The zero-order valence-corrected chi connectivity index (χ0v) is 5.54. The molecule has 1 heterocycles. The average Bonchev–Trinajstić information content (AvgIpc) is 2.34. The molecule has 4 nitrogen and oxygen atoms in total. The van der Waals surface area contributed by atoms with Gasteiger partial charge in [0, 0.05) is 6.42 Å². The van der Waals surface area contributed by atoms with E-state index in [0.29, 0.717) is 13.0 Å². The van der Waals surface area contributed by atoms with E-state index < -0.39 is 5.97 Å². The molecule has 56 valence electrons. The van der Waals surface area contributed by atoms with Crippen LogP contribution in [0.5, 0.6) is 0 Å². The molecular formula is C6H9NO3. The number of aliphatic carboxylic acids is 1. The second kappa shape index (κ2) is 3.20. The highest BCUT2D eigenvalue weighted by molar-refractivity contribution is 5.87. The van der Waals surface area contributed by atoms with Gasteiger partial charge in [0.1, 0.15) is 6.61 Å². The van der Waals surface area contributed by atoms with Crippen LogP contribution >= 0.6 is 0 Å². The molecule has 1 aliphatic rings. The number of carboxylic acid groups (broad SMARTS) is 1. The zero-order chi connectivity index (χ0) is 7.40. The van der Waals surface area contributed by atoms with Crippen molar-refractivity contribution in [1.82, 2.24) is 0 Å². The van der Waals surface area contributed by atoms with E-state index in [9.17, 15) is 4.79 Å². The fraction of sp³-hybridized carbons (Fsp3) is 0.667. The number of oxime groups is 1. The fourth-order valence-corrected chi connectivity index (χ4v) is 0.768. The lowest BCUT2D eigenvalue weighted by Crippen LogP contribution is -2.00. The first-order valence-electron chi connectivity index (χ1n) is 3.18. The van der Waals surface area contributed by atoms with E-state index in [-0.39, 0.29) is 6.42 Å². The third-order valence-corrected chi connectivity index (χ3v) is 1.30. The maximum absolute atomic E-state index is 10.1. The third-order valence-electron chi connectivity index (χ3n) is 1.30. The minimum Gasteiger partial charge on any atom is -0.481 e. The summed E-state index contributed by atoms with van der Waals surface area (Å²) in [5, 5.41) is 11.9. The smallest absolute Gasteiger partial charge is 0.303 e. The van der Waals surface area contributed by atoms with Gasteiger partial charge in [-0.3, -0.25) is 4.79 Å². The number of hydrogen-bond acceptors (Lipinski definition) is 3. The lowest BCUT2D eigenvalue weighted by molar-refractivity contribution is -0.136. The SMILES string of the molecule is O=C(O)CCC1=NOCC1. The minimum absolute atomic E-state index is 0.155. The molecule has 0 spiro atoms. The molecule has 0 saturated carbocycles. The maximum atomic E-state index is 10.1. The van der Waals surface area contributed by atoms with E-state index in [0.717, 1.165) is 12.1 Å². The monoisotopic (exact) mass is 143 g/mol. The van der Waals surface area contributed by atoms with E-state index >= 15 is 0 Å². The summed E-state index contributed by atoms with van der Waals surface area (Å²) in [6.45, 7) is 0.606. The standard InChI is InChI=1S/C6H9NO3/c8-6(9)2-1-5-3-4-10-7-5/h1-4H2,(H,8,9). The van der Waals surface area contributed by atoms with Crippen LogP contribution in [0.1, 0.15) is 19.3 Å². The van der Waals surface area contributed by atoms with Crippen molar-refractivity contribution in [3.05, 3.63) is 0 Å². The summed E-state index contributed by atoms with van der Waals surface area (Å²) in [5.74, 6) is -0.783. The van der Waals surface area contributed by atoms with Crippen LogP contribution in [0.2, 0.25) is 0 Å². The van der Waals surface area contributed by atoms with E-state index in [1.807, 2.05) is 0 Å². The van der Waals surface area contributed by atoms with Crippen LogP contribution < -0.4 is 0 Å². The van der Waals surface area contributed by atoms with Gasteiger partial charge in [-0.05, 0) is 6.42 Å². The van der Waals surface area contributed by atoms with Crippen LogP contribution in [-0.2, 0) is 9.63 Å². The summed E-state index contributed by atoms with van der Waals surface area (Å²) in [6, 6.07) is 0. The van der Waals surface area contributed by atoms with Gasteiger partial charge in [-0.1, -0.05) is 5.16 Å². The molecule has 0 aliphatic carbocycles. The summed E-state index contributed by atoms with van der Waals surface area (Å²) < 4.78 is 0. The largest absolute Gasteiger partial charge is 0.481 e. The first-order chi connectivity index (χ1) is 4.79. The van der Waals surface area contributed by atoms with E-state index in [1.165, 1.54) is 0 Å². The molecule has 1 N–H and O–H groups in total. The van der Waals surface area contributed by atoms with E-state index in [2.05, 4.69) is 9.99 Å².